The molecule has 0 amide bonds. The lowest BCUT2D eigenvalue weighted by molar-refractivity contribution is 0.287. The van der Waals surface area contributed by atoms with E-state index < -0.39 is 0 Å². The molecule has 0 aliphatic heterocycles. The molecule has 0 fully saturated rings. The van der Waals surface area contributed by atoms with E-state index in [0.717, 1.165) is 13.0 Å². The van der Waals surface area contributed by atoms with Crippen molar-refractivity contribution in [2.75, 3.05) is 6.54 Å². The van der Waals surface area contributed by atoms with Crippen LogP contribution < -0.4 is 5.32 Å². The minimum Gasteiger partial charge on any atom is -0.314 e. The van der Waals surface area contributed by atoms with Crippen LogP contribution in [-0.2, 0) is 6.42 Å². The number of rotatable bonds is 7. The second kappa shape index (κ2) is 6.80. The summed E-state index contributed by atoms with van der Waals surface area (Å²) in [7, 11) is 0. The van der Waals surface area contributed by atoms with Crippen LogP contribution in [0.25, 0.3) is 0 Å². The van der Waals surface area contributed by atoms with Gasteiger partial charge in [0.05, 0.1) is 0 Å². The van der Waals surface area contributed by atoms with Gasteiger partial charge in [-0.2, -0.15) is 0 Å². The molecule has 0 aliphatic carbocycles. The highest BCUT2D eigenvalue weighted by atomic mass is 14.9. The monoisotopic (exact) mass is 233 g/mol. The predicted octanol–water partition coefficient (Wildman–Crippen LogP) is 4.03. The Morgan fingerprint density at radius 2 is 1.82 bits per heavy atom. The molecule has 0 bridgehead atoms. The lowest BCUT2D eigenvalue weighted by Gasteiger charge is -2.28. The third kappa shape index (κ3) is 5.88. The zero-order valence-corrected chi connectivity index (χ0v) is 11.8. The summed E-state index contributed by atoms with van der Waals surface area (Å²) >= 11 is 0. The Labute approximate surface area is 107 Å². The van der Waals surface area contributed by atoms with Crippen LogP contribution in [0.4, 0.5) is 0 Å². The molecule has 1 nitrogen and oxygen atoms in total. The molecule has 96 valence electrons. The summed E-state index contributed by atoms with van der Waals surface area (Å²) in [5.74, 6) is 0. The van der Waals surface area contributed by atoms with Gasteiger partial charge in [0.15, 0.2) is 0 Å². The van der Waals surface area contributed by atoms with Crippen molar-refractivity contribution in [2.24, 2.45) is 5.41 Å². The minimum absolute atomic E-state index is 0.363. The first-order valence-corrected chi connectivity index (χ1v) is 6.81. The molecule has 1 aromatic carbocycles. The Bertz CT molecular complexity index is 303. The maximum Gasteiger partial charge on any atom is 0.00439 e. The van der Waals surface area contributed by atoms with Crippen molar-refractivity contribution < 1.29 is 0 Å². The molecule has 0 aliphatic rings. The lowest BCUT2D eigenvalue weighted by Crippen LogP contribution is -2.32. The van der Waals surface area contributed by atoms with Gasteiger partial charge in [-0.3, -0.25) is 0 Å². The Balaban J connectivity index is 2.45. The third-order valence-electron chi connectivity index (χ3n) is 3.13. The van der Waals surface area contributed by atoms with E-state index in [1.807, 2.05) is 0 Å². The number of hydrogen-bond donors (Lipinski definition) is 1. The smallest absolute Gasteiger partial charge is 0.00439 e. The zero-order chi connectivity index (χ0) is 12.7. The summed E-state index contributed by atoms with van der Waals surface area (Å²) in [6.07, 6.45) is 3.59. The quantitative estimate of drug-likeness (QED) is 0.749. The van der Waals surface area contributed by atoms with E-state index in [9.17, 15) is 0 Å². The summed E-state index contributed by atoms with van der Waals surface area (Å²) < 4.78 is 0. The number of hydrogen-bond acceptors (Lipinski definition) is 1. The fraction of sp³-hybridized carbons (Fsp3) is 0.625. The maximum absolute atomic E-state index is 3.57. The second-order valence-corrected chi connectivity index (χ2v) is 5.89. The van der Waals surface area contributed by atoms with E-state index in [1.165, 1.54) is 18.4 Å². The van der Waals surface area contributed by atoms with E-state index in [-0.39, 0.29) is 0 Å². The van der Waals surface area contributed by atoms with Crippen molar-refractivity contribution in [1.82, 2.24) is 5.32 Å². The molecule has 0 heterocycles. The van der Waals surface area contributed by atoms with Crippen molar-refractivity contribution >= 4 is 0 Å². The fourth-order valence-electron chi connectivity index (χ4n) is 2.51. The average molecular weight is 233 g/mol. The molecule has 1 unspecified atom stereocenters. The van der Waals surface area contributed by atoms with Gasteiger partial charge in [-0.25, -0.2) is 0 Å². The van der Waals surface area contributed by atoms with E-state index in [4.69, 9.17) is 0 Å². The van der Waals surface area contributed by atoms with Gasteiger partial charge in [-0.15, -0.1) is 0 Å². The van der Waals surface area contributed by atoms with E-state index in [0.29, 0.717) is 11.5 Å². The van der Waals surface area contributed by atoms with Crippen molar-refractivity contribution in [2.45, 2.75) is 53.0 Å². The molecule has 1 aromatic rings. The van der Waals surface area contributed by atoms with Crippen LogP contribution >= 0.6 is 0 Å². The van der Waals surface area contributed by atoms with Crippen LogP contribution in [0.15, 0.2) is 30.3 Å². The second-order valence-electron chi connectivity index (χ2n) is 5.89. The highest BCUT2D eigenvalue weighted by Gasteiger charge is 2.21. The van der Waals surface area contributed by atoms with Gasteiger partial charge >= 0.3 is 0 Å². The Hall–Kier alpha value is -0.820. The molecule has 17 heavy (non-hydrogen) atoms. The molecule has 0 radical (unpaired) electrons. The first kappa shape index (κ1) is 14.2. The van der Waals surface area contributed by atoms with Gasteiger partial charge in [0, 0.05) is 6.04 Å². The van der Waals surface area contributed by atoms with Crippen molar-refractivity contribution in [3.8, 4) is 0 Å². The van der Waals surface area contributed by atoms with Gasteiger partial charge in [-0.05, 0) is 43.7 Å². The molecule has 0 saturated carbocycles. The van der Waals surface area contributed by atoms with Crippen molar-refractivity contribution in [1.29, 1.82) is 0 Å². The predicted molar refractivity (Wildman–Crippen MR) is 76.3 cm³/mol. The normalized spacial score (nSPS) is 13.6. The van der Waals surface area contributed by atoms with Gasteiger partial charge in [0.2, 0.25) is 0 Å². The highest BCUT2D eigenvalue weighted by Crippen LogP contribution is 2.27. The van der Waals surface area contributed by atoms with Crippen molar-refractivity contribution in [3.05, 3.63) is 35.9 Å². The fourth-order valence-corrected chi connectivity index (χ4v) is 2.51. The first-order valence-electron chi connectivity index (χ1n) is 6.81. The van der Waals surface area contributed by atoms with E-state index in [2.05, 4.69) is 63.3 Å². The summed E-state index contributed by atoms with van der Waals surface area (Å²) in [4.78, 5) is 0. The molecule has 1 atom stereocenters. The minimum atomic E-state index is 0.363. The summed E-state index contributed by atoms with van der Waals surface area (Å²) in [6.45, 7) is 10.4. The Kier molecular flexibility index (Phi) is 5.70. The zero-order valence-electron chi connectivity index (χ0n) is 11.8. The van der Waals surface area contributed by atoms with Gasteiger partial charge in [-0.1, -0.05) is 51.1 Å². The first-order chi connectivity index (χ1) is 8.03. The molecular formula is C16H27N. The molecule has 1 N–H and O–H groups in total. The summed E-state index contributed by atoms with van der Waals surface area (Å²) in [5, 5.41) is 3.57. The van der Waals surface area contributed by atoms with Crippen molar-refractivity contribution in [3.63, 3.8) is 0 Å². The Morgan fingerprint density at radius 3 is 2.41 bits per heavy atom. The molecular weight excluding hydrogens is 206 g/mol. The largest absolute Gasteiger partial charge is 0.314 e. The lowest BCUT2D eigenvalue weighted by atomic mass is 9.80. The number of nitrogens with one attached hydrogen (secondary N) is 1. The number of benzene rings is 1. The summed E-state index contributed by atoms with van der Waals surface area (Å²) in [6, 6.07) is 11.4. The third-order valence-corrected chi connectivity index (χ3v) is 3.13. The molecule has 1 heteroatoms. The highest BCUT2D eigenvalue weighted by molar-refractivity contribution is 5.16. The summed E-state index contributed by atoms with van der Waals surface area (Å²) in [5.41, 5.74) is 1.81. The molecule has 0 spiro atoms. The van der Waals surface area contributed by atoms with Gasteiger partial charge < -0.3 is 5.32 Å². The SMILES string of the molecule is CCCNC(C)CC(C)(C)Cc1ccccc1. The van der Waals surface area contributed by atoms with E-state index in [1.54, 1.807) is 0 Å². The van der Waals surface area contributed by atoms with Gasteiger partial charge in [0.1, 0.15) is 0 Å². The topological polar surface area (TPSA) is 12.0 Å². The molecule has 0 aromatic heterocycles. The average Bonchev–Trinajstić information content (AvgIpc) is 2.26. The van der Waals surface area contributed by atoms with Crippen LogP contribution in [-0.4, -0.2) is 12.6 Å². The van der Waals surface area contributed by atoms with Crippen LogP contribution in [0.3, 0.4) is 0 Å². The van der Waals surface area contributed by atoms with Crippen LogP contribution in [0, 0.1) is 5.41 Å². The van der Waals surface area contributed by atoms with E-state index >= 15 is 0 Å². The standard InChI is InChI=1S/C16H27N/c1-5-11-17-14(2)12-16(3,4)13-15-9-7-6-8-10-15/h6-10,14,17H,5,11-13H2,1-4H3. The Morgan fingerprint density at radius 1 is 1.18 bits per heavy atom. The van der Waals surface area contributed by atoms with Crippen LogP contribution in [0.5, 0.6) is 0 Å². The van der Waals surface area contributed by atoms with Crippen LogP contribution in [0.1, 0.15) is 46.1 Å². The van der Waals surface area contributed by atoms with Crippen LogP contribution in [0.2, 0.25) is 0 Å². The van der Waals surface area contributed by atoms with Gasteiger partial charge in [0.25, 0.3) is 0 Å². The molecule has 1 rings (SSSR count). The molecule has 0 saturated heterocycles. The maximum atomic E-state index is 3.57.